The molecule has 2 heteroatoms. The van der Waals surface area contributed by atoms with Gasteiger partial charge in [-0.25, -0.2) is 0 Å². The van der Waals surface area contributed by atoms with Crippen LogP contribution in [0.3, 0.4) is 0 Å². The van der Waals surface area contributed by atoms with Gasteiger partial charge in [-0.3, -0.25) is 4.98 Å². The number of rotatable bonds is 4. The van der Waals surface area contributed by atoms with Gasteiger partial charge in [-0.1, -0.05) is 75.4 Å². The van der Waals surface area contributed by atoms with E-state index in [4.69, 9.17) is 4.98 Å². The number of pyridine rings is 1. The standard InChI is InChI=1S/C28H25NS/c1-18(2)19(3)21-14-15-29-26(17-21)24-11-7-10-23-25-16-22(20-8-5-4-6-9-20)12-13-27(25)30-28(23)24/h4-19H,1-3H3. The van der Waals surface area contributed by atoms with Gasteiger partial charge in [-0.15, -0.1) is 11.3 Å². The zero-order valence-electron chi connectivity index (χ0n) is 17.6. The van der Waals surface area contributed by atoms with Crippen molar-refractivity contribution < 1.29 is 0 Å². The number of thiophene rings is 1. The van der Waals surface area contributed by atoms with E-state index in [1.807, 2.05) is 17.5 Å². The minimum atomic E-state index is 0.516. The lowest BCUT2D eigenvalue weighted by Gasteiger charge is -2.16. The Hall–Kier alpha value is -2.97. The Bertz CT molecular complexity index is 1330. The van der Waals surface area contributed by atoms with Crippen molar-refractivity contribution in [3.8, 4) is 22.4 Å². The highest BCUT2D eigenvalue weighted by Gasteiger charge is 2.15. The van der Waals surface area contributed by atoms with Crippen LogP contribution in [0, 0.1) is 5.92 Å². The predicted octanol–water partition coefficient (Wildman–Crippen LogP) is 8.54. The molecule has 0 N–H and O–H groups in total. The third kappa shape index (κ3) is 3.32. The van der Waals surface area contributed by atoms with Gasteiger partial charge in [-0.2, -0.15) is 0 Å². The fourth-order valence-corrected chi connectivity index (χ4v) is 5.28. The van der Waals surface area contributed by atoms with Crippen molar-refractivity contribution in [2.75, 3.05) is 0 Å². The molecule has 0 amide bonds. The van der Waals surface area contributed by atoms with Gasteiger partial charge in [-0.05, 0) is 52.8 Å². The predicted molar refractivity (Wildman–Crippen MR) is 131 cm³/mol. The van der Waals surface area contributed by atoms with Crippen LogP contribution in [0.2, 0.25) is 0 Å². The molecule has 2 aromatic heterocycles. The van der Waals surface area contributed by atoms with Crippen molar-refractivity contribution in [2.24, 2.45) is 5.92 Å². The third-order valence-electron chi connectivity index (χ3n) is 6.19. The van der Waals surface area contributed by atoms with Crippen molar-refractivity contribution in [1.29, 1.82) is 0 Å². The Kier molecular flexibility index (Phi) is 4.88. The van der Waals surface area contributed by atoms with E-state index in [2.05, 4.69) is 99.6 Å². The van der Waals surface area contributed by atoms with Gasteiger partial charge in [0.2, 0.25) is 0 Å². The van der Waals surface area contributed by atoms with Gasteiger partial charge in [0.25, 0.3) is 0 Å². The molecular weight excluding hydrogens is 382 g/mol. The van der Waals surface area contributed by atoms with Crippen LogP contribution in [0.5, 0.6) is 0 Å². The number of hydrogen-bond acceptors (Lipinski definition) is 2. The fourth-order valence-electron chi connectivity index (χ4n) is 4.07. The molecule has 1 nitrogen and oxygen atoms in total. The SMILES string of the molecule is CC(C)C(C)c1ccnc(-c2cccc3c2sc2ccc(-c4ccccc4)cc23)c1. The minimum Gasteiger partial charge on any atom is -0.256 e. The topological polar surface area (TPSA) is 12.9 Å². The average molecular weight is 408 g/mol. The summed E-state index contributed by atoms with van der Waals surface area (Å²) in [6.45, 7) is 6.86. The molecule has 0 aliphatic rings. The van der Waals surface area contributed by atoms with Crippen LogP contribution in [-0.2, 0) is 0 Å². The summed E-state index contributed by atoms with van der Waals surface area (Å²) < 4.78 is 2.64. The number of benzene rings is 3. The highest BCUT2D eigenvalue weighted by Crippen LogP contribution is 2.41. The summed E-state index contributed by atoms with van der Waals surface area (Å²) in [6.07, 6.45) is 1.96. The van der Waals surface area contributed by atoms with E-state index in [9.17, 15) is 0 Å². The molecule has 5 aromatic rings. The summed E-state index contributed by atoms with van der Waals surface area (Å²) >= 11 is 1.87. The monoisotopic (exact) mass is 407 g/mol. The second-order valence-corrected chi connectivity index (χ2v) is 9.42. The van der Waals surface area contributed by atoms with Crippen LogP contribution in [0.15, 0.2) is 85.1 Å². The summed E-state index contributed by atoms with van der Waals surface area (Å²) in [6, 6.07) is 28.5. The fraction of sp³-hybridized carbons (Fsp3) is 0.179. The highest BCUT2D eigenvalue weighted by molar-refractivity contribution is 7.26. The smallest absolute Gasteiger partial charge is 0.0719 e. The number of fused-ring (bicyclic) bond motifs is 3. The summed E-state index contributed by atoms with van der Waals surface area (Å²) in [4.78, 5) is 4.74. The van der Waals surface area contributed by atoms with Gasteiger partial charge in [0.1, 0.15) is 0 Å². The first-order chi connectivity index (χ1) is 14.6. The Balaban J connectivity index is 1.67. The molecule has 30 heavy (non-hydrogen) atoms. The first kappa shape index (κ1) is 19.0. The molecule has 2 heterocycles. The number of hydrogen-bond donors (Lipinski definition) is 0. The van der Waals surface area contributed by atoms with E-state index in [1.54, 1.807) is 0 Å². The lowest BCUT2D eigenvalue weighted by molar-refractivity contribution is 0.535. The van der Waals surface area contributed by atoms with Crippen LogP contribution in [0.4, 0.5) is 0 Å². The second-order valence-electron chi connectivity index (χ2n) is 8.37. The van der Waals surface area contributed by atoms with E-state index in [1.165, 1.54) is 42.4 Å². The maximum Gasteiger partial charge on any atom is 0.0719 e. The zero-order valence-corrected chi connectivity index (χ0v) is 18.4. The molecule has 0 radical (unpaired) electrons. The molecule has 0 spiro atoms. The van der Waals surface area contributed by atoms with E-state index < -0.39 is 0 Å². The molecule has 1 unspecified atom stereocenters. The van der Waals surface area contributed by atoms with Crippen molar-refractivity contribution in [3.63, 3.8) is 0 Å². The quantitative estimate of drug-likeness (QED) is 0.291. The molecule has 0 aliphatic heterocycles. The van der Waals surface area contributed by atoms with Crippen LogP contribution in [0.1, 0.15) is 32.3 Å². The van der Waals surface area contributed by atoms with E-state index in [0.717, 1.165) is 5.69 Å². The largest absolute Gasteiger partial charge is 0.256 e. The minimum absolute atomic E-state index is 0.516. The average Bonchev–Trinajstić information content (AvgIpc) is 3.17. The second kappa shape index (κ2) is 7.70. The summed E-state index contributed by atoms with van der Waals surface area (Å²) in [5.74, 6) is 1.12. The first-order valence-electron chi connectivity index (χ1n) is 10.6. The molecular formula is C28H25NS. The summed E-state index contributed by atoms with van der Waals surface area (Å²) in [5, 5.41) is 2.64. The van der Waals surface area contributed by atoms with Gasteiger partial charge < -0.3 is 0 Å². The van der Waals surface area contributed by atoms with Crippen molar-refractivity contribution in [3.05, 3.63) is 90.6 Å². The first-order valence-corrected chi connectivity index (χ1v) is 11.4. The van der Waals surface area contributed by atoms with Gasteiger partial charge >= 0.3 is 0 Å². The Morgan fingerprint density at radius 1 is 0.733 bits per heavy atom. The number of nitrogens with zero attached hydrogens (tertiary/aromatic N) is 1. The van der Waals surface area contributed by atoms with Crippen LogP contribution in [-0.4, -0.2) is 4.98 Å². The van der Waals surface area contributed by atoms with Crippen molar-refractivity contribution in [2.45, 2.75) is 26.7 Å². The van der Waals surface area contributed by atoms with Gasteiger partial charge in [0, 0.05) is 31.9 Å². The molecule has 0 aliphatic carbocycles. The number of aromatic nitrogens is 1. The molecule has 0 saturated carbocycles. The lowest BCUT2D eigenvalue weighted by atomic mass is 9.90. The van der Waals surface area contributed by atoms with Crippen molar-refractivity contribution in [1.82, 2.24) is 4.98 Å². The molecule has 3 aromatic carbocycles. The lowest BCUT2D eigenvalue weighted by Crippen LogP contribution is -2.02. The van der Waals surface area contributed by atoms with Crippen LogP contribution >= 0.6 is 11.3 Å². The van der Waals surface area contributed by atoms with Crippen LogP contribution in [0.25, 0.3) is 42.6 Å². The van der Waals surface area contributed by atoms with E-state index in [-0.39, 0.29) is 0 Å². The molecule has 0 saturated heterocycles. The normalized spacial score (nSPS) is 12.7. The van der Waals surface area contributed by atoms with E-state index in [0.29, 0.717) is 11.8 Å². The summed E-state index contributed by atoms with van der Waals surface area (Å²) in [7, 11) is 0. The molecule has 0 bridgehead atoms. The molecule has 1 atom stereocenters. The molecule has 148 valence electrons. The highest BCUT2D eigenvalue weighted by atomic mass is 32.1. The van der Waals surface area contributed by atoms with Crippen molar-refractivity contribution >= 4 is 31.5 Å². The molecule has 5 rings (SSSR count). The van der Waals surface area contributed by atoms with E-state index >= 15 is 0 Å². The Morgan fingerprint density at radius 2 is 1.57 bits per heavy atom. The third-order valence-corrected chi connectivity index (χ3v) is 7.41. The van der Waals surface area contributed by atoms with Crippen LogP contribution < -0.4 is 0 Å². The van der Waals surface area contributed by atoms with Gasteiger partial charge in [0.15, 0.2) is 0 Å². The van der Waals surface area contributed by atoms with Gasteiger partial charge in [0.05, 0.1) is 5.69 Å². The summed E-state index contributed by atoms with van der Waals surface area (Å²) in [5.41, 5.74) is 6.18. The maximum atomic E-state index is 4.74. The molecule has 0 fully saturated rings. The Morgan fingerprint density at radius 3 is 2.37 bits per heavy atom. The zero-order chi connectivity index (χ0) is 20.7. The maximum absolute atomic E-state index is 4.74. The Labute approximate surface area is 182 Å².